The van der Waals surface area contributed by atoms with Crippen molar-refractivity contribution < 1.29 is 8.42 Å². The van der Waals surface area contributed by atoms with E-state index in [1.165, 1.54) is 10.5 Å². The van der Waals surface area contributed by atoms with Crippen molar-refractivity contribution in [2.75, 3.05) is 4.31 Å². The van der Waals surface area contributed by atoms with Crippen LogP contribution in [-0.2, 0) is 16.6 Å². The standard InChI is InChI=1S/C20H19ClN2O2S/c1-15-7-6-10-18(11-15)23(14-17-8-4-3-5-9-17)26(24,25)19-12-16(2)20(21)22-13-19/h3-13H,14H2,1-2H3. The van der Waals surface area contributed by atoms with Gasteiger partial charge in [0.1, 0.15) is 10.0 Å². The van der Waals surface area contributed by atoms with E-state index < -0.39 is 10.0 Å². The van der Waals surface area contributed by atoms with E-state index in [1.807, 2.05) is 55.5 Å². The van der Waals surface area contributed by atoms with Gasteiger partial charge in [0.2, 0.25) is 0 Å². The highest BCUT2D eigenvalue weighted by molar-refractivity contribution is 7.92. The molecule has 0 saturated heterocycles. The molecule has 0 amide bonds. The zero-order valence-corrected chi connectivity index (χ0v) is 16.1. The number of anilines is 1. The van der Waals surface area contributed by atoms with Gasteiger partial charge in [-0.05, 0) is 48.7 Å². The molecular formula is C20H19ClN2O2S. The monoisotopic (exact) mass is 386 g/mol. The maximum atomic E-state index is 13.4. The van der Waals surface area contributed by atoms with E-state index in [-0.39, 0.29) is 11.4 Å². The highest BCUT2D eigenvalue weighted by Gasteiger charge is 2.26. The van der Waals surface area contributed by atoms with Gasteiger partial charge < -0.3 is 0 Å². The predicted molar refractivity (Wildman–Crippen MR) is 105 cm³/mol. The van der Waals surface area contributed by atoms with Gasteiger partial charge in [0.05, 0.1) is 12.2 Å². The topological polar surface area (TPSA) is 50.3 Å². The van der Waals surface area contributed by atoms with E-state index in [1.54, 1.807) is 19.1 Å². The third kappa shape index (κ3) is 3.89. The van der Waals surface area contributed by atoms with Crippen molar-refractivity contribution in [3.63, 3.8) is 0 Å². The minimum atomic E-state index is -3.80. The summed E-state index contributed by atoms with van der Waals surface area (Å²) < 4.78 is 28.1. The van der Waals surface area contributed by atoms with E-state index in [2.05, 4.69) is 4.98 Å². The van der Waals surface area contributed by atoms with Gasteiger partial charge in [-0.25, -0.2) is 13.4 Å². The summed E-state index contributed by atoms with van der Waals surface area (Å²) in [7, 11) is -3.80. The van der Waals surface area contributed by atoms with E-state index in [0.29, 0.717) is 16.4 Å². The number of hydrogen-bond donors (Lipinski definition) is 0. The van der Waals surface area contributed by atoms with E-state index >= 15 is 0 Å². The minimum Gasteiger partial charge on any atom is -0.262 e. The summed E-state index contributed by atoms with van der Waals surface area (Å²) in [4.78, 5) is 4.13. The molecule has 0 radical (unpaired) electrons. The first kappa shape index (κ1) is 18.4. The third-order valence-corrected chi connectivity index (χ3v) is 6.17. The summed E-state index contributed by atoms with van der Waals surface area (Å²) in [5, 5.41) is 0.300. The molecule has 0 aliphatic heterocycles. The van der Waals surface area contributed by atoms with Crippen LogP contribution >= 0.6 is 11.6 Å². The first-order valence-corrected chi connectivity index (χ1v) is 9.95. The fourth-order valence-corrected chi connectivity index (χ4v) is 4.23. The second-order valence-corrected chi connectivity index (χ2v) is 8.34. The van der Waals surface area contributed by atoms with Crippen LogP contribution in [0.5, 0.6) is 0 Å². The van der Waals surface area contributed by atoms with Gasteiger partial charge >= 0.3 is 0 Å². The summed E-state index contributed by atoms with van der Waals surface area (Å²) in [6, 6.07) is 18.5. The van der Waals surface area contributed by atoms with Crippen molar-refractivity contribution >= 4 is 27.3 Å². The molecule has 134 valence electrons. The highest BCUT2D eigenvalue weighted by atomic mass is 35.5. The number of benzene rings is 2. The predicted octanol–water partition coefficient (Wildman–Crippen LogP) is 4.75. The van der Waals surface area contributed by atoms with Gasteiger partial charge in [-0.2, -0.15) is 0 Å². The fourth-order valence-electron chi connectivity index (χ4n) is 2.65. The molecule has 4 nitrogen and oxygen atoms in total. The van der Waals surface area contributed by atoms with Crippen molar-refractivity contribution in [2.45, 2.75) is 25.3 Å². The fraction of sp³-hybridized carbons (Fsp3) is 0.150. The van der Waals surface area contributed by atoms with Crippen LogP contribution in [0, 0.1) is 13.8 Å². The van der Waals surface area contributed by atoms with Crippen LogP contribution in [0.2, 0.25) is 5.15 Å². The number of rotatable bonds is 5. The van der Waals surface area contributed by atoms with Gasteiger partial charge in [0, 0.05) is 6.20 Å². The van der Waals surface area contributed by atoms with Crippen molar-refractivity contribution in [1.82, 2.24) is 4.98 Å². The molecule has 26 heavy (non-hydrogen) atoms. The van der Waals surface area contributed by atoms with Gasteiger partial charge in [-0.3, -0.25) is 4.31 Å². The summed E-state index contributed by atoms with van der Waals surface area (Å²) in [6.07, 6.45) is 1.30. The molecule has 0 aliphatic carbocycles. The lowest BCUT2D eigenvalue weighted by Gasteiger charge is -2.25. The van der Waals surface area contributed by atoms with Crippen LogP contribution < -0.4 is 4.31 Å². The van der Waals surface area contributed by atoms with Crippen LogP contribution in [0.25, 0.3) is 0 Å². The van der Waals surface area contributed by atoms with E-state index in [9.17, 15) is 8.42 Å². The molecule has 0 N–H and O–H groups in total. The molecule has 2 aromatic carbocycles. The average Bonchev–Trinajstić information content (AvgIpc) is 2.62. The number of hydrogen-bond acceptors (Lipinski definition) is 3. The summed E-state index contributed by atoms with van der Waals surface area (Å²) in [5.41, 5.74) is 3.12. The van der Waals surface area contributed by atoms with Crippen molar-refractivity contribution in [2.24, 2.45) is 0 Å². The first-order valence-electron chi connectivity index (χ1n) is 8.13. The van der Waals surface area contributed by atoms with Crippen LogP contribution in [0.1, 0.15) is 16.7 Å². The highest BCUT2D eigenvalue weighted by Crippen LogP contribution is 2.27. The Labute approximate surface area is 159 Å². The Balaban J connectivity index is 2.11. The maximum absolute atomic E-state index is 13.4. The largest absolute Gasteiger partial charge is 0.266 e. The normalized spacial score (nSPS) is 11.3. The zero-order valence-electron chi connectivity index (χ0n) is 14.6. The van der Waals surface area contributed by atoms with Crippen LogP contribution in [-0.4, -0.2) is 13.4 Å². The molecule has 6 heteroatoms. The number of sulfonamides is 1. The molecule has 0 spiro atoms. The van der Waals surface area contributed by atoms with Crippen molar-refractivity contribution in [3.8, 4) is 0 Å². The Bertz CT molecular complexity index is 1020. The van der Waals surface area contributed by atoms with Crippen LogP contribution in [0.3, 0.4) is 0 Å². The summed E-state index contributed by atoms with van der Waals surface area (Å²) in [6.45, 7) is 3.90. The van der Waals surface area contributed by atoms with Crippen LogP contribution in [0.15, 0.2) is 71.8 Å². The second-order valence-electron chi connectivity index (χ2n) is 6.12. The van der Waals surface area contributed by atoms with Gasteiger partial charge in [-0.1, -0.05) is 54.1 Å². The maximum Gasteiger partial charge on any atom is 0.266 e. The Morgan fingerprint density at radius 2 is 1.73 bits per heavy atom. The summed E-state index contributed by atoms with van der Waals surface area (Å²) in [5.74, 6) is 0. The molecule has 3 rings (SSSR count). The Hall–Kier alpha value is -2.37. The van der Waals surface area contributed by atoms with E-state index in [0.717, 1.165) is 11.1 Å². The molecular weight excluding hydrogens is 368 g/mol. The SMILES string of the molecule is Cc1cccc(N(Cc2ccccc2)S(=O)(=O)c2cnc(Cl)c(C)c2)c1. The number of nitrogens with zero attached hydrogens (tertiary/aromatic N) is 2. The molecule has 1 heterocycles. The quantitative estimate of drug-likeness (QED) is 0.594. The Kier molecular flexibility index (Phi) is 5.30. The molecule has 0 unspecified atom stereocenters. The Morgan fingerprint density at radius 1 is 1.00 bits per heavy atom. The zero-order chi connectivity index (χ0) is 18.7. The average molecular weight is 387 g/mol. The number of aromatic nitrogens is 1. The smallest absolute Gasteiger partial charge is 0.262 e. The number of aryl methyl sites for hydroxylation is 2. The summed E-state index contributed by atoms with van der Waals surface area (Å²) >= 11 is 5.96. The van der Waals surface area contributed by atoms with Crippen molar-refractivity contribution in [3.05, 3.63) is 88.7 Å². The molecule has 0 atom stereocenters. The molecule has 0 saturated carbocycles. The Morgan fingerprint density at radius 3 is 2.38 bits per heavy atom. The number of halogens is 1. The first-order chi connectivity index (χ1) is 12.4. The van der Waals surface area contributed by atoms with Crippen molar-refractivity contribution in [1.29, 1.82) is 0 Å². The molecule has 0 bridgehead atoms. The number of pyridine rings is 1. The van der Waals surface area contributed by atoms with E-state index in [4.69, 9.17) is 11.6 Å². The second kappa shape index (κ2) is 7.48. The lowest BCUT2D eigenvalue weighted by Crippen LogP contribution is -2.30. The lowest BCUT2D eigenvalue weighted by atomic mass is 10.2. The lowest BCUT2D eigenvalue weighted by molar-refractivity contribution is 0.590. The van der Waals surface area contributed by atoms with Gasteiger partial charge in [0.15, 0.2) is 0 Å². The van der Waals surface area contributed by atoms with Gasteiger partial charge in [-0.15, -0.1) is 0 Å². The van der Waals surface area contributed by atoms with Crippen LogP contribution in [0.4, 0.5) is 5.69 Å². The third-order valence-electron chi connectivity index (χ3n) is 4.04. The molecule has 1 aromatic heterocycles. The minimum absolute atomic E-state index is 0.122. The molecule has 3 aromatic rings. The van der Waals surface area contributed by atoms with Gasteiger partial charge in [0.25, 0.3) is 10.0 Å². The molecule has 0 fully saturated rings. The molecule has 0 aliphatic rings.